The van der Waals surface area contributed by atoms with E-state index in [4.69, 9.17) is 0 Å². The molecule has 0 fully saturated rings. The SMILES string of the molecule is C=C/C=C(/C(=O)SC)C(=O)c1cccs1. The standard InChI is InChI=1S/C11H10O2S2/c1-3-5-8(11(13)14-2)10(12)9-6-4-7-15-9/h3-7H,1H2,2H3/b8-5+. The van der Waals surface area contributed by atoms with Gasteiger partial charge in [0.15, 0.2) is 0 Å². The zero-order valence-electron chi connectivity index (χ0n) is 8.23. The molecule has 0 N–H and O–H groups in total. The summed E-state index contributed by atoms with van der Waals surface area (Å²) in [4.78, 5) is 23.9. The molecular weight excluding hydrogens is 228 g/mol. The average molecular weight is 238 g/mol. The molecular formula is C11H10O2S2. The highest BCUT2D eigenvalue weighted by Crippen LogP contribution is 2.18. The van der Waals surface area contributed by atoms with Crippen molar-refractivity contribution in [2.24, 2.45) is 0 Å². The molecule has 0 radical (unpaired) electrons. The van der Waals surface area contributed by atoms with Gasteiger partial charge in [-0.05, 0) is 23.8 Å². The van der Waals surface area contributed by atoms with Crippen molar-refractivity contribution in [1.82, 2.24) is 0 Å². The maximum absolute atomic E-state index is 11.9. The third kappa shape index (κ3) is 2.91. The van der Waals surface area contributed by atoms with E-state index in [0.717, 1.165) is 11.8 Å². The van der Waals surface area contributed by atoms with Gasteiger partial charge in [0.25, 0.3) is 0 Å². The van der Waals surface area contributed by atoms with Crippen molar-refractivity contribution in [3.63, 3.8) is 0 Å². The minimum Gasteiger partial charge on any atom is -0.288 e. The minimum atomic E-state index is -0.232. The third-order valence-electron chi connectivity index (χ3n) is 1.68. The Morgan fingerprint density at radius 3 is 2.73 bits per heavy atom. The van der Waals surface area contributed by atoms with Crippen molar-refractivity contribution in [2.75, 3.05) is 6.26 Å². The third-order valence-corrected chi connectivity index (χ3v) is 3.14. The maximum atomic E-state index is 11.9. The summed E-state index contributed by atoms with van der Waals surface area (Å²) in [6.45, 7) is 3.49. The Kier molecular flexibility index (Phi) is 4.52. The molecule has 78 valence electrons. The molecule has 2 nitrogen and oxygen atoms in total. The number of hydrogen-bond donors (Lipinski definition) is 0. The van der Waals surface area contributed by atoms with Gasteiger partial charge in [-0.3, -0.25) is 9.59 Å². The fourth-order valence-corrected chi connectivity index (χ4v) is 2.06. The monoisotopic (exact) mass is 238 g/mol. The second-order valence-electron chi connectivity index (χ2n) is 2.61. The van der Waals surface area contributed by atoms with Crippen LogP contribution < -0.4 is 0 Å². The lowest BCUT2D eigenvalue weighted by atomic mass is 10.1. The normalized spacial score (nSPS) is 11.1. The van der Waals surface area contributed by atoms with Gasteiger partial charge >= 0.3 is 0 Å². The summed E-state index contributed by atoms with van der Waals surface area (Å²) >= 11 is 2.35. The Balaban J connectivity index is 3.02. The van der Waals surface area contributed by atoms with Crippen LogP contribution in [0.2, 0.25) is 0 Å². The van der Waals surface area contributed by atoms with Crippen molar-refractivity contribution in [2.45, 2.75) is 0 Å². The van der Waals surface area contributed by atoms with Gasteiger partial charge in [-0.1, -0.05) is 30.5 Å². The molecule has 0 atom stereocenters. The first-order valence-electron chi connectivity index (χ1n) is 4.20. The van der Waals surface area contributed by atoms with Crippen molar-refractivity contribution in [1.29, 1.82) is 0 Å². The van der Waals surface area contributed by atoms with Gasteiger partial charge in [0.05, 0.1) is 10.5 Å². The first-order chi connectivity index (χ1) is 7.20. The molecule has 1 aromatic heterocycles. The van der Waals surface area contributed by atoms with Gasteiger partial charge in [0, 0.05) is 0 Å². The van der Waals surface area contributed by atoms with E-state index in [1.54, 1.807) is 18.4 Å². The van der Waals surface area contributed by atoms with Crippen LogP contribution >= 0.6 is 23.1 Å². The first-order valence-corrected chi connectivity index (χ1v) is 6.30. The number of carbonyl (C=O) groups excluding carboxylic acids is 2. The van der Waals surface area contributed by atoms with Crippen LogP contribution in [-0.4, -0.2) is 17.2 Å². The Morgan fingerprint density at radius 2 is 2.27 bits per heavy atom. The van der Waals surface area contributed by atoms with Gasteiger partial charge in [-0.15, -0.1) is 11.3 Å². The van der Waals surface area contributed by atoms with Crippen molar-refractivity contribution >= 4 is 34.0 Å². The molecule has 15 heavy (non-hydrogen) atoms. The maximum Gasteiger partial charge on any atom is 0.223 e. The molecule has 0 saturated heterocycles. The van der Waals surface area contributed by atoms with E-state index in [-0.39, 0.29) is 16.5 Å². The van der Waals surface area contributed by atoms with Crippen molar-refractivity contribution < 1.29 is 9.59 Å². The topological polar surface area (TPSA) is 34.1 Å². The van der Waals surface area contributed by atoms with E-state index < -0.39 is 0 Å². The molecule has 0 spiro atoms. The lowest BCUT2D eigenvalue weighted by Gasteiger charge is -2.00. The number of thioether (sulfide) groups is 1. The largest absolute Gasteiger partial charge is 0.288 e. The molecule has 1 heterocycles. The van der Waals surface area contributed by atoms with Crippen LogP contribution in [0.25, 0.3) is 0 Å². The number of ketones is 1. The summed E-state index contributed by atoms with van der Waals surface area (Å²) in [5, 5.41) is 1.58. The number of carbonyl (C=O) groups is 2. The number of hydrogen-bond acceptors (Lipinski definition) is 4. The van der Waals surface area contributed by atoms with Crippen molar-refractivity contribution in [3.05, 3.63) is 46.7 Å². The van der Waals surface area contributed by atoms with E-state index in [2.05, 4.69) is 6.58 Å². The second kappa shape index (κ2) is 5.68. The second-order valence-corrected chi connectivity index (χ2v) is 4.34. The van der Waals surface area contributed by atoms with Gasteiger partial charge in [0.1, 0.15) is 0 Å². The predicted molar refractivity (Wildman–Crippen MR) is 65.5 cm³/mol. The molecule has 4 heteroatoms. The number of Topliss-reactive ketones (excluding diaryl/α,β-unsaturated/α-hetero) is 1. The van der Waals surface area contributed by atoms with Gasteiger partial charge in [0.2, 0.25) is 10.9 Å². The van der Waals surface area contributed by atoms with Crippen LogP contribution in [0, 0.1) is 0 Å². The summed E-state index contributed by atoms with van der Waals surface area (Å²) in [6, 6.07) is 3.49. The average Bonchev–Trinajstić information content (AvgIpc) is 2.77. The highest BCUT2D eigenvalue weighted by Gasteiger charge is 2.18. The highest BCUT2D eigenvalue weighted by atomic mass is 32.2. The van der Waals surface area contributed by atoms with E-state index in [1.165, 1.54) is 23.5 Å². The van der Waals surface area contributed by atoms with Gasteiger partial charge in [-0.25, -0.2) is 0 Å². The van der Waals surface area contributed by atoms with Crippen LogP contribution in [-0.2, 0) is 4.79 Å². The molecule has 1 rings (SSSR count). The lowest BCUT2D eigenvalue weighted by molar-refractivity contribution is -0.107. The zero-order valence-corrected chi connectivity index (χ0v) is 9.86. The summed E-state index contributed by atoms with van der Waals surface area (Å²) in [5.74, 6) is -0.232. The molecule has 0 aromatic carbocycles. The van der Waals surface area contributed by atoms with E-state index in [1.807, 2.05) is 5.38 Å². The quantitative estimate of drug-likeness (QED) is 0.266. The fourth-order valence-electron chi connectivity index (χ4n) is 1.00. The predicted octanol–water partition coefficient (Wildman–Crippen LogP) is 2.93. The molecule has 1 aromatic rings. The number of rotatable bonds is 4. The molecule has 0 amide bonds. The highest BCUT2D eigenvalue weighted by molar-refractivity contribution is 8.13. The van der Waals surface area contributed by atoms with Gasteiger partial charge in [-0.2, -0.15) is 0 Å². The molecule has 0 aliphatic heterocycles. The molecule has 0 aliphatic carbocycles. The lowest BCUT2D eigenvalue weighted by Crippen LogP contribution is -2.08. The summed E-state index contributed by atoms with van der Waals surface area (Å²) in [5.41, 5.74) is 0.181. The Hall–Kier alpha value is -1.13. The van der Waals surface area contributed by atoms with E-state index in [9.17, 15) is 9.59 Å². The Labute approximate surface area is 96.7 Å². The van der Waals surface area contributed by atoms with Crippen LogP contribution in [0.3, 0.4) is 0 Å². The molecule has 0 aliphatic rings. The van der Waals surface area contributed by atoms with Crippen molar-refractivity contribution in [3.8, 4) is 0 Å². The summed E-state index contributed by atoms with van der Waals surface area (Å²) < 4.78 is 0. The van der Waals surface area contributed by atoms with Crippen LogP contribution in [0.4, 0.5) is 0 Å². The van der Waals surface area contributed by atoms with E-state index >= 15 is 0 Å². The first kappa shape index (κ1) is 11.9. The van der Waals surface area contributed by atoms with E-state index in [0.29, 0.717) is 4.88 Å². The Bertz CT molecular complexity index is 402. The molecule has 0 bridgehead atoms. The van der Waals surface area contributed by atoms with Gasteiger partial charge < -0.3 is 0 Å². The summed E-state index contributed by atoms with van der Waals surface area (Å²) in [6.07, 6.45) is 4.57. The van der Waals surface area contributed by atoms with Crippen LogP contribution in [0.1, 0.15) is 9.67 Å². The minimum absolute atomic E-state index is 0.181. The number of thiophene rings is 1. The zero-order chi connectivity index (χ0) is 11.3. The fraction of sp³-hybridized carbons (Fsp3) is 0.0909. The van der Waals surface area contributed by atoms with Crippen LogP contribution in [0.5, 0.6) is 0 Å². The Morgan fingerprint density at radius 1 is 1.53 bits per heavy atom. The smallest absolute Gasteiger partial charge is 0.223 e. The molecule has 0 saturated carbocycles. The van der Waals surface area contributed by atoms with Crippen LogP contribution in [0.15, 0.2) is 41.8 Å². The molecule has 0 unspecified atom stereocenters. The summed E-state index contributed by atoms with van der Waals surface area (Å²) in [7, 11) is 0. The number of allylic oxidation sites excluding steroid dienone is 2.